The predicted molar refractivity (Wildman–Crippen MR) is 106 cm³/mol. The third-order valence-corrected chi connectivity index (χ3v) is 4.88. The molecule has 1 heterocycles. The van der Waals surface area contributed by atoms with Crippen LogP contribution in [-0.2, 0) is 4.79 Å². The molecule has 0 spiro atoms. The van der Waals surface area contributed by atoms with Gasteiger partial charge in [-0.3, -0.25) is 9.59 Å². The van der Waals surface area contributed by atoms with Crippen molar-refractivity contribution in [2.24, 2.45) is 0 Å². The number of carbonyl (C=O) groups excluding carboxylic acids is 2. The van der Waals surface area contributed by atoms with Crippen LogP contribution in [0.1, 0.15) is 35.2 Å². The summed E-state index contributed by atoms with van der Waals surface area (Å²) < 4.78 is 0.758. The number of hydrogen-bond donors (Lipinski definition) is 1. The van der Waals surface area contributed by atoms with Crippen molar-refractivity contribution in [3.63, 3.8) is 0 Å². The molecular formula is C21H19BrN2O2. The molecule has 4 nitrogen and oxygen atoms in total. The molecule has 2 aromatic rings. The number of anilines is 1. The molecule has 1 aliphatic heterocycles. The minimum Gasteiger partial charge on any atom is -0.341 e. The molecule has 1 fully saturated rings. The van der Waals surface area contributed by atoms with Crippen molar-refractivity contribution in [2.75, 3.05) is 18.0 Å². The van der Waals surface area contributed by atoms with Crippen molar-refractivity contribution in [1.82, 2.24) is 5.32 Å². The second kappa shape index (κ2) is 8.68. The lowest BCUT2D eigenvalue weighted by Crippen LogP contribution is -2.35. The molecule has 0 saturated carbocycles. The zero-order valence-corrected chi connectivity index (χ0v) is 15.9. The Balaban J connectivity index is 1.56. The summed E-state index contributed by atoms with van der Waals surface area (Å²) in [5, 5.41) is 2.78. The van der Waals surface area contributed by atoms with Crippen molar-refractivity contribution >= 4 is 33.4 Å². The van der Waals surface area contributed by atoms with Gasteiger partial charge in [0, 0.05) is 28.7 Å². The van der Waals surface area contributed by atoms with Gasteiger partial charge in [-0.05, 0) is 65.2 Å². The summed E-state index contributed by atoms with van der Waals surface area (Å²) in [6, 6.07) is 14.9. The fraction of sp³-hybridized carbons (Fsp3) is 0.238. The van der Waals surface area contributed by atoms with Crippen molar-refractivity contribution in [3.8, 4) is 11.8 Å². The Bertz CT molecular complexity index is 866. The van der Waals surface area contributed by atoms with Gasteiger partial charge in [0.05, 0.1) is 12.1 Å². The Morgan fingerprint density at radius 1 is 1.12 bits per heavy atom. The van der Waals surface area contributed by atoms with E-state index in [2.05, 4.69) is 33.1 Å². The maximum absolute atomic E-state index is 12.1. The van der Waals surface area contributed by atoms with E-state index in [9.17, 15) is 9.59 Å². The Hall–Kier alpha value is -2.58. The van der Waals surface area contributed by atoms with Gasteiger partial charge in [-0.25, -0.2) is 0 Å². The summed E-state index contributed by atoms with van der Waals surface area (Å²) in [6.07, 6.45) is 2.65. The molecule has 1 N–H and O–H groups in total. The highest BCUT2D eigenvalue weighted by Crippen LogP contribution is 2.21. The Kier molecular flexibility index (Phi) is 6.08. The van der Waals surface area contributed by atoms with Gasteiger partial charge in [-0.2, -0.15) is 0 Å². The van der Waals surface area contributed by atoms with E-state index in [0.29, 0.717) is 12.0 Å². The van der Waals surface area contributed by atoms with Crippen LogP contribution < -0.4 is 10.2 Å². The van der Waals surface area contributed by atoms with Crippen LogP contribution in [0.4, 0.5) is 5.69 Å². The van der Waals surface area contributed by atoms with Crippen LogP contribution in [0.3, 0.4) is 0 Å². The number of nitrogens with zero attached hydrogens (tertiary/aromatic N) is 1. The minimum absolute atomic E-state index is 0.161. The van der Waals surface area contributed by atoms with Crippen LogP contribution >= 0.6 is 15.9 Å². The van der Waals surface area contributed by atoms with E-state index in [1.54, 1.807) is 6.07 Å². The molecule has 0 radical (unpaired) electrons. The number of piperidine rings is 1. The number of carbonyl (C=O) groups is 2. The number of halogens is 1. The van der Waals surface area contributed by atoms with E-state index in [4.69, 9.17) is 0 Å². The highest BCUT2D eigenvalue weighted by molar-refractivity contribution is 9.10. The number of amides is 2. The molecule has 2 aromatic carbocycles. The van der Waals surface area contributed by atoms with Crippen molar-refractivity contribution in [1.29, 1.82) is 0 Å². The molecule has 0 aromatic heterocycles. The summed E-state index contributed by atoms with van der Waals surface area (Å²) in [4.78, 5) is 25.9. The fourth-order valence-corrected chi connectivity index (χ4v) is 3.28. The van der Waals surface area contributed by atoms with Crippen LogP contribution in [0.15, 0.2) is 53.0 Å². The first-order valence-corrected chi connectivity index (χ1v) is 9.36. The van der Waals surface area contributed by atoms with E-state index in [-0.39, 0.29) is 18.4 Å². The number of nitrogens with one attached hydrogen (secondary N) is 1. The van der Waals surface area contributed by atoms with Gasteiger partial charge in [0.1, 0.15) is 0 Å². The first kappa shape index (κ1) is 18.2. The molecule has 0 unspecified atom stereocenters. The lowest BCUT2D eigenvalue weighted by Gasteiger charge is -2.26. The summed E-state index contributed by atoms with van der Waals surface area (Å²) in [7, 11) is 0. The number of rotatable bonds is 3. The molecule has 26 heavy (non-hydrogen) atoms. The highest BCUT2D eigenvalue weighted by atomic mass is 79.9. The van der Waals surface area contributed by atoms with Gasteiger partial charge in [0.2, 0.25) is 5.91 Å². The number of hydrogen-bond acceptors (Lipinski definition) is 2. The average molecular weight is 411 g/mol. The first-order valence-electron chi connectivity index (χ1n) is 8.57. The maximum atomic E-state index is 12.1. The van der Waals surface area contributed by atoms with Crippen molar-refractivity contribution < 1.29 is 9.59 Å². The Labute approximate surface area is 161 Å². The van der Waals surface area contributed by atoms with Gasteiger partial charge >= 0.3 is 0 Å². The normalized spacial score (nSPS) is 13.7. The molecule has 0 atom stereocenters. The van der Waals surface area contributed by atoms with Gasteiger partial charge in [0.25, 0.3) is 5.91 Å². The molecular weight excluding hydrogens is 392 g/mol. The SMILES string of the molecule is O=C(NCC#Cc1ccc(N2CCCCC2=O)cc1)c1ccccc1Br. The van der Waals surface area contributed by atoms with E-state index in [1.807, 2.05) is 47.4 Å². The second-order valence-corrected chi connectivity index (χ2v) is 6.87. The molecule has 2 amide bonds. The summed E-state index contributed by atoms with van der Waals surface area (Å²) in [5.41, 5.74) is 2.36. The van der Waals surface area contributed by atoms with Crippen LogP contribution in [-0.4, -0.2) is 24.9 Å². The summed E-state index contributed by atoms with van der Waals surface area (Å²) in [5.74, 6) is 6.00. The lowest BCUT2D eigenvalue weighted by atomic mass is 10.1. The topological polar surface area (TPSA) is 49.4 Å². The monoisotopic (exact) mass is 410 g/mol. The van der Waals surface area contributed by atoms with Crippen LogP contribution in [0.5, 0.6) is 0 Å². The molecule has 5 heteroatoms. The predicted octanol–water partition coefficient (Wildman–Crippen LogP) is 3.75. The summed E-state index contributed by atoms with van der Waals surface area (Å²) in [6.45, 7) is 1.05. The Morgan fingerprint density at radius 3 is 2.62 bits per heavy atom. The van der Waals surface area contributed by atoms with Gasteiger partial charge in [0.15, 0.2) is 0 Å². The van der Waals surface area contributed by atoms with Crippen molar-refractivity contribution in [2.45, 2.75) is 19.3 Å². The molecule has 1 saturated heterocycles. The van der Waals surface area contributed by atoms with E-state index in [0.717, 1.165) is 35.1 Å². The highest BCUT2D eigenvalue weighted by Gasteiger charge is 2.19. The minimum atomic E-state index is -0.161. The fourth-order valence-electron chi connectivity index (χ4n) is 2.81. The number of benzene rings is 2. The lowest BCUT2D eigenvalue weighted by molar-refractivity contribution is -0.119. The van der Waals surface area contributed by atoms with E-state index < -0.39 is 0 Å². The van der Waals surface area contributed by atoms with Crippen LogP contribution in [0.25, 0.3) is 0 Å². The van der Waals surface area contributed by atoms with Crippen LogP contribution in [0, 0.1) is 11.8 Å². The second-order valence-electron chi connectivity index (χ2n) is 6.01. The third kappa shape index (κ3) is 4.53. The molecule has 1 aliphatic rings. The van der Waals surface area contributed by atoms with Crippen LogP contribution in [0.2, 0.25) is 0 Å². The zero-order valence-electron chi connectivity index (χ0n) is 14.3. The molecule has 132 valence electrons. The van der Waals surface area contributed by atoms with E-state index >= 15 is 0 Å². The van der Waals surface area contributed by atoms with Gasteiger partial charge < -0.3 is 10.2 Å². The largest absolute Gasteiger partial charge is 0.341 e. The van der Waals surface area contributed by atoms with Crippen molar-refractivity contribution in [3.05, 3.63) is 64.1 Å². The standard InChI is InChI=1S/C21H19BrN2O2/c22-19-8-2-1-7-18(19)21(26)23-14-5-6-16-10-12-17(13-11-16)24-15-4-3-9-20(24)25/h1-2,7-8,10-13H,3-4,9,14-15H2,(H,23,26). The quantitative estimate of drug-likeness (QED) is 0.783. The third-order valence-electron chi connectivity index (χ3n) is 4.19. The maximum Gasteiger partial charge on any atom is 0.253 e. The van der Waals surface area contributed by atoms with Gasteiger partial charge in [-0.1, -0.05) is 24.0 Å². The molecule has 3 rings (SSSR count). The molecule has 0 bridgehead atoms. The summed E-state index contributed by atoms with van der Waals surface area (Å²) >= 11 is 3.36. The zero-order chi connectivity index (χ0) is 18.4. The van der Waals surface area contributed by atoms with Gasteiger partial charge in [-0.15, -0.1) is 0 Å². The average Bonchev–Trinajstić information content (AvgIpc) is 2.66. The molecule has 0 aliphatic carbocycles. The van der Waals surface area contributed by atoms with E-state index in [1.165, 1.54) is 0 Å². The Morgan fingerprint density at radius 2 is 1.88 bits per heavy atom. The smallest absolute Gasteiger partial charge is 0.253 e. The first-order chi connectivity index (χ1) is 12.6.